The number of rotatable bonds is 5. The van der Waals surface area contributed by atoms with Crippen molar-refractivity contribution in [3.05, 3.63) is 51.4 Å². The third kappa shape index (κ3) is 3.16. The largest absolute Gasteiger partial charge is 0.314 e. The van der Waals surface area contributed by atoms with Gasteiger partial charge in [0.1, 0.15) is 0 Å². The molecule has 1 saturated carbocycles. The minimum absolute atomic E-state index is 0.631. The van der Waals surface area contributed by atoms with Gasteiger partial charge in [0.2, 0.25) is 0 Å². The molecule has 0 atom stereocenters. The van der Waals surface area contributed by atoms with Crippen molar-refractivity contribution in [1.29, 1.82) is 0 Å². The Labute approximate surface area is 122 Å². The highest BCUT2D eigenvalue weighted by atomic mass is 35.5. The number of thiazole rings is 1. The molecule has 1 N–H and O–H groups in total. The summed E-state index contributed by atoms with van der Waals surface area (Å²) in [4.78, 5) is 4.29. The summed E-state index contributed by atoms with van der Waals surface area (Å²) in [6, 6.07) is 8.85. The molecule has 1 heterocycles. The third-order valence-corrected chi connectivity index (χ3v) is 4.92. The van der Waals surface area contributed by atoms with E-state index in [0.717, 1.165) is 18.0 Å². The molecular formula is C15H17ClN2S. The Morgan fingerprint density at radius 3 is 2.89 bits per heavy atom. The number of nitrogens with one attached hydrogen (secondary N) is 1. The molecule has 0 aliphatic heterocycles. The Hall–Kier alpha value is -0.900. The number of aromatic nitrogens is 1. The first-order valence-corrected chi connectivity index (χ1v) is 7.95. The normalized spacial score (nSPS) is 22.2. The van der Waals surface area contributed by atoms with Crippen molar-refractivity contribution in [3.63, 3.8) is 0 Å². The van der Waals surface area contributed by atoms with Gasteiger partial charge in [-0.15, -0.1) is 11.3 Å². The zero-order valence-electron chi connectivity index (χ0n) is 10.7. The number of hydrogen-bond acceptors (Lipinski definition) is 3. The fourth-order valence-corrected chi connectivity index (χ4v) is 3.51. The Morgan fingerprint density at radius 2 is 2.16 bits per heavy atom. The molecule has 2 nitrogen and oxygen atoms in total. The molecule has 1 aliphatic rings. The highest BCUT2D eigenvalue weighted by Crippen LogP contribution is 2.39. The smallest absolute Gasteiger partial charge is 0.0937 e. The fraction of sp³-hybridized carbons (Fsp3) is 0.400. The van der Waals surface area contributed by atoms with Crippen molar-refractivity contribution in [2.45, 2.75) is 31.2 Å². The summed E-state index contributed by atoms with van der Waals surface area (Å²) in [6.07, 6.45) is 5.30. The van der Waals surface area contributed by atoms with Crippen LogP contribution in [0.4, 0.5) is 0 Å². The molecule has 0 unspecified atom stereocenters. The molecule has 1 aromatic carbocycles. The molecular weight excluding hydrogens is 276 g/mol. The first-order chi connectivity index (χ1) is 9.33. The number of hydrogen-bond donors (Lipinski definition) is 1. The maximum atomic E-state index is 6.22. The van der Waals surface area contributed by atoms with Gasteiger partial charge in [-0.05, 0) is 30.4 Å². The molecule has 1 aromatic heterocycles. The zero-order chi connectivity index (χ0) is 13.1. The van der Waals surface area contributed by atoms with E-state index in [2.05, 4.69) is 22.4 Å². The van der Waals surface area contributed by atoms with Crippen molar-refractivity contribution in [2.24, 2.45) is 0 Å². The highest BCUT2D eigenvalue weighted by Gasteiger charge is 2.30. The van der Waals surface area contributed by atoms with E-state index in [1.165, 1.54) is 23.4 Å². The van der Waals surface area contributed by atoms with Gasteiger partial charge in [-0.25, -0.2) is 4.98 Å². The van der Waals surface area contributed by atoms with Gasteiger partial charge in [0.25, 0.3) is 0 Å². The Balaban J connectivity index is 1.42. The summed E-state index contributed by atoms with van der Waals surface area (Å²) in [5.74, 6) is 0.631. The van der Waals surface area contributed by atoms with Gasteiger partial charge in [-0.3, -0.25) is 0 Å². The van der Waals surface area contributed by atoms with Crippen LogP contribution in [0.1, 0.15) is 29.3 Å². The van der Waals surface area contributed by atoms with Crippen LogP contribution in [0.2, 0.25) is 5.02 Å². The monoisotopic (exact) mass is 292 g/mol. The Kier molecular flexibility index (Phi) is 4.16. The second-order valence-electron chi connectivity index (χ2n) is 5.02. The van der Waals surface area contributed by atoms with Gasteiger partial charge in [-0.1, -0.05) is 29.8 Å². The molecule has 0 spiro atoms. The summed E-state index contributed by atoms with van der Waals surface area (Å²) < 4.78 is 0. The summed E-state index contributed by atoms with van der Waals surface area (Å²) >= 11 is 7.96. The van der Waals surface area contributed by atoms with E-state index in [-0.39, 0.29) is 0 Å². The Bertz CT molecular complexity index is 521. The first kappa shape index (κ1) is 13.1. The van der Waals surface area contributed by atoms with E-state index >= 15 is 0 Å². The van der Waals surface area contributed by atoms with Crippen LogP contribution in [-0.2, 0) is 6.42 Å². The molecule has 2 aromatic rings. The second kappa shape index (κ2) is 6.04. The van der Waals surface area contributed by atoms with Crippen LogP contribution < -0.4 is 5.32 Å². The van der Waals surface area contributed by atoms with Crippen LogP contribution in [0.15, 0.2) is 35.8 Å². The molecule has 0 bridgehead atoms. The molecule has 0 radical (unpaired) electrons. The van der Waals surface area contributed by atoms with Crippen LogP contribution in [-0.4, -0.2) is 17.6 Å². The van der Waals surface area contributed by atoms with E-state index < -0.39 is 0 Å². The predicted octanol–water partition coefficient (Wildman–Crippen LogP) is 3.87. The fourth-order valence-electron chi connectivity index (χ4n) is 2.60. The van der Waals surface area contributed by atoms with E-state index in [1.807, 2.05) is 23.7 Å². The molecule has 0 amide bonds. The second-order valence-corrected chi connectivity index (χ2v) is 6.40. The van der Waals surface area contributed by atoms with Crippen LogP contribution in [0.25, 0.3) is 0 Å². The minimum Gasteiger partial charge on any atom is -0.314 e. The molecule has 3 rings (SSSR count). The van der Waals surface area contributed by atoms with Crippen molar-refractivity contribution in [1.82, 2.24) is 10.3 Å². The molecule has 19 heavy (non-hydrogen) atoms. The standard InChI is InChI=1S/C15H17ClN2S/c16-14-4-2-1-3-13(14)11-9-12(10-11)17-6-5-15-18-7-8-19-15/h1-4,7-8,11-12,17H,5-6,9-10H2. The van der Waals surface area contributed by atoms with Gasteiger partial charge in [0, 0.05) is 35.6 Å². The van der Waals surface area contributed by atoms with Crippen LogP contribution in [0, 0.1) is 0 Å². The highest BCUT2D eigenvalue weighted by molar-refractivity contribution is 7.09. The first-order valence-electron chi connectivity index (χ1n) is 6.69. The zero-order valence-corrected chi connectivity index (χ0v) is 12.3. The van der Waals surface area contributed by atoms with Gasteiger partial charge >= 0.3 is 0 Å². The summed E-state index contributed by atoms with van der Waals surface area (Å²) in [7, 11) is 0. The van der Waals surface area contributed by atoms with Crippen LogP contribution >= 0.6 is 22.9 Å². The Morgan fingerprint density at radius 1 is 1.32 bits per heavy atom. The summed E-state index contributed by atoms with van der Waals surface area (Å²) in [5.41, 5.74) is 1.31. The average Bonchev–Trinajstić information content (AvgIpc) is 2.87. The van der Waals surface area contributed by atoms with Gasteiger partial charge in [0.05, 0.1) is 5.01 Å². The number of nitrogens with zero attached hydrogens (tertiary/aromatic N) is 1. The van der Waals surface area contributed by atoms with E-state index in [9.17, 15) is 0 Å². The minimum atomic E-state index is 0.631. The molecule has 4 heteroatoms. The maximum absolute atomic E-state index is 6.22. The molecule has 1 aliphatic carbocycles. The van der Waals surface area contributed by atoms with Crippen molar-refractivity contribution in [3.8, 4) is 0 Å². The van der Waals surface area contributed by atoms with Crippen molar-refractivity contribution >= 4 is 22.9 Å². The average molecular weight is 293 g/mol. The third-order valence-electron chi connectivity index (χ3n) is 3.74. The van der Waals surface area contributed by atoms with Gasteiger partial charge in [0.15, 0.2) is 0 Å². The van der Waals surface area contributed by atoms with Crippen LogP contribution in [0.3, 0.4) is 0 Å². The van der Waals surface area contributed by atoms with Crippen LogP contribution in [0.5, 0.6) is 0 Å². The quantitative estimate of drug-likeness (QED) is 0.905. The van der Waals surface area contributed by atoms with Crippen molar-refractivity contribution in [2.75, 3.05) is 6.54 Å². The summed E-state index contributed by atoms with van der Waals surface area (Å²) in [6.45, 7) is 1.02. The SMILES string of the molecule is Clc1ccccc1C1CC(NCCc2nccs2)C1. The van der Waals surface area contributed by atoms with E-state index in [4.69, 9.17) is 11.6 Å². The predicted molar refractivity (Wildman–Crippen MR) is 81.0 cm³/mol. The number of halogens is 1. The van der Waals surface area contributed by atoms with E-state index in [0.29, 0.717) is 12.0 Å². The lowest BCUT2D eigenvalue weighted by atomic mass is 9.76. The maximum Gasteiger partial charge on any atom is 0.0937 e. The van der Waals surface area contributed by atoms with E-state index in [1.54, 1.807) is 11.3 Å². The summed E-state index contributed by atoms with van der Waals surface area (Å²) in [5, 5.41) is 7.76. The lowest BCUT2D eigenvalue weighted by molar-refractivity contribution is 0.293. The van der Waals surface area contributed by atoms with Gasteiger partial charge < -0.3 is 5.32 Å². The lowest BCUT2D eigenvalue weighted by Gasteiger charge is -2.36. The van der Waals surface area contributed by atoms with Gasteiger partial charge in [-0.2, -0.15) is 0 Å². The lowest BCUT2D eigenvalue weighted by Crippen LogP contribution is -2.41. The molecule has 1 fully saturated rings. The topological polar surface area (TPSA) is 24.9 Å². The van der Waals surface area contributed by atoms with Crippen molar-refractivity contribution < 1.29 is 0 Å². The molecule has 0 saturated heterocycles. The number of benzene rings is 1. The molecule has 100 valence electrons.